The second-order valence-corrected chi connectivity index (χ2v) is 8.14. The molecule has 0 fully saturated rings. The van der Waals surface area contributed by atoms with Crippen molar-refractivity contribution in [3.8, 4) is 0 Å². The highest BCUT2D eigenvalue weighted by atomic mass is 127. The number of benzene rings is 2. The molecule has 1 aromatic heterocycles. The van der Waals surface area contributed by atoms with Crippen LogP contribution in [-0.2, 0) is 19.5 Å². The van der Waals surface area contributed by atoms with Gasteiger partial charge in [0.2, 0.25) is 0 Å². The van der Waals surface area contributed by atoms with Crippen LogP contribution in [-0.4, -0.2) is 40.4 Å². The second kappa shape index (κ2) is 12.6. The van der Waals surface area contributed by atoms with E-state index in [-0.39, 0.29) is 35.6 Å². The Labute approximate surface area is 212 Å². The van der Waals surface area contributed by atoms with Gasteiger partial charge in [0.15, 0.2) is 5.96 Å². The molecule has 8 heteroatoms. The fourth-order valence-corrected chi connectivity index (χ4v) is 4.25. The zero-order chi connectivity index (χ0) is 22.2. The molecule has 2 aromatic carbocycles. The third-order valence-electron chi connectivity index (χ3n) is 5.97. The number of rotatable bonds is 8. The van der Waals surface area contributed by atoms with Crippen LogP contribution in [0.25, 0.3) is 0 Å². The molecule has 1 aliphatic rings. The summed E-state index contributed by atoms with van der Waals surface area (Å²) >= 11 is 0. The molecule has 2 N–H and O–H groups in total. The summed E-state index contributed by atoms with van der Waals surface area (Å²) < 4.78 is 3.43. The lowest BCUT2D eigenvalue weighted by atomic mass is 9.91. The Bertz CT molecular complexity index is 1040. The van der Waals surface area contributed by atoms with Gasteiger partial charge in [0.1, 0.15) is 5.82 Å². The molecule has 0 aliphatic carbocycles. The first kappa shape index (κ1) is 25.0. The molecule has 1 aliphatic heterocycles. The van der Waals surface area contributed by atoms with E-state index in [4.69, 9.17) is 0 Å². The van der Waals surface area contributed by atoms with E-state index in [1.165, 1.54) is 11.1 Å². The molecule has 33 heavy (non-hydrogen) atoms. The predicted octanol–water partition coefficient (Wildman–Crippen LogP) is 3.39. The summed E-state index contributed by atoms with van der Waals surface area (Å²) in [4.78, 5) is 16.8. The monoisotopic (exact) mass is 560 g/mol. The van der Waals surface area contributed by atoms with Crippen molar-refractivity contribution < 1.29 is 0 Å². The third-order valence-corrected chi connectivity index (χ3v) is 5.97. The van der Waals surface area contributed by atoms with Crippen molar-refractivity contribution in [1.29, 1.82) is 0 Å². The van der Waals surface area contributed by atoms with Crippen LogP contribution < -0.4 is 16.3 Å². The minimum Gasteiger partial charge on any atom is -0.356 e. The highest BCUT2D eigenvalue weighted by Gasteiger charge is 2.17. The number of aromatic nitrogens is 3. The van der Waals surface area contributed by atoms with Crippen molar-refractivity contribution in [2.45, 2.75) is 44.7 Å². The molecule has 0 spiro atoms. The Hall–Kier alpha value is -2.62. The fourth-order valence-electron chi connectivity index (χ4n) is 4.25. The van der Waals surface area contributed by atoms with Gasteiger partial charge in [0.25, 0.3) is 0 Å². The van der Waals surface area contributed by atoms with Crippen molar-refractivity contribution in [3.05, 3.63) is 88.1 Å². The Morgan fingerprint density at radius 2 is 1.70 bits per heavy atom. The summed E-state index contributed by atoms with van der Waals surface area (Å²) in [5.74, 6) is 1.92. The van der Waals surface area contributed by atoms with Gasteiger partial charge in [-0.3, -0.25) is 9.56 Å². The van der Waals surface area contributed by atoms with Crippen LogP contribution in [0.4, 0.5) is 0 Å². The van der Waals surface area contributed by atoms with E-state index in [0.717, 1.165) is 57.1 Å². The lowest BCUT2D eigenvalue weighted by Crippen LogP contribution is -2.40. The van der Waals surface area contributed by atoms with Crippen LogP contribution in [0, 0.1) is 0 Å². The predicted molar refractivity (Wildman–Crippen MR) is 144 cm³/mol. The third kappa shape index (κ3) is 6.46. The van der Waals surface area contributed by atoms with Crippen LogP contribution in [0.1, 0.15) is 42.1 Å². The van der Waals surface area contributed by atoms with Gasteiger partial charge in [-0.25, -0.2) is 9.48 Å². The first-order chi connectivity index (χ1) is 15.8. The van der Waals surface area contributed by atoms with Crippen molar-refractivity contribution in [2.75, 3.05) is 20.1 Å². The summed E-state index contributed by atoms with van der Waals surface area (Å²) in [5, 5.41) is 11.3. The molecule has 2 heterocycles. The van der Waals surface area contributed by atoms with Crippen LogP contribution >= 0.6 is 24.0 Å². The quantitative estimate of drug-likeness (QED) is 0.192. The van der Waals surface area contributed by atoms with E-state index in [9.17, 15) is 4.79 Å². The maximum atomic E-state index is 12.5. The Balaban J connectivity index is 0.00000306. The molecule has 0 saturated heterocycles. The van der Waals surface area contributed by atoms with E-state index in [1.54, 1.807) is 11.7 Å². The SMILES string of the molecule is CN=C(NCCCn1nc2n(c1=O)CCCC2)NCC(c1ccccc1)c1ccccc1.I. The first-order valence-electron chi connectivity index (χ1n) is 11.5. The van der Waals surface area contributed by atoms with Crippen LogP contribution in [0.5, 0.6) is 0 Å². The van der Waals surface area contributed by atoms with Gasteiger partial charge in [0.05, 0.1) is 0 Å². The number of fused-ring (bicyclic) bond motifs is 1. The largest absolute Gasteiger partial charge is 0.356 e. The number of nitrogens with zero attached hydrogens (tertiary/aromatic N) is 4. The number of hydrogen-bond acceptors (Lipinski definition) is 3. The van der Waals surface area contributed by atoms with Gasteiger partial charge in [-0.2, -0.15) is 5.10 Å². The van der Waals surface area contributed by atoms with Crippen molar-refractivity contribution >= 4 is 29.9 Å². The standard InChI is InChI=1S/C25H32N6O.HI/c1-26-24(27-16-10-18-31-25(32)30-17-9-8-15-23(30)29-31)28-19-22(20-11-4-2-5-12-20)21-13-6-3-7-14-21;/h2-7,11-14,22H,8-10,15-19H2,1H3,(H2,26,27,28);1H. The second-order valence-electron chi connectivity index (χ2n) is 8.14. The van der Waals surface area contributed by atoms with Crippen molar-refractivity contribution in [3.63, 3.8) is 0 Å². The number of hydrogen-bond donors (Lipinski definition) is 2. The van der Waals surface area contributed by atoms with E-state index >= 15 is 0 Å². The van der Waals surface area contributed by atoms with Gasteiger partial charge >= 0.3 is 5.69 Å². The minimum atomic E-state index is 0. The topological polar surface area (TPSA) is 76.2 Å². The molecule has 0 unspecified atom stereocenters. The van der Waals surface area contributed by atoms with E-state index in [2.05, 4.69) is 69.3 Å². The Morgan fingerprint density at radius 1 is 1.03 bits per heavy atom. The average Bonchev–Trinajstić information content (AvgIpc) is 3.17. The minimum absolute atomic E-state index is 0. The maximum absolute atomic E-state index is 12.5. The van der Waals surface area contributed by atoms with Crippen molar-refractivity contribution in [2.24, 2.45) is 4.99 Å². The van der Waals surface area contributed by atoms with Crippen molar-refractivity contribution in [1.82, 2.24) is 25.0 Å². The van der Waals surface area contributed by atoms with Gasteiger partial charge in [-0.1, -0.05) is 60.7 Å². The average molecular weight is 560 g/mol. The molecular weight excluding hydrogens is 527 g/mol. The molecule has 0 atom stereocenters. The lowest BCUT2D eigenvalue weighted by Gasteiger charge is -2.20. The summed E-state index contributed by atoms with van der Waals surface area (Å²) in [6, 6.07) is 21.1. The van der Waals surface area contributed by atoms with Crippen LogP contribution in [0.15, 0.2) is 70.5 Å². The molecule has 0 bridgehead atoms. The number of aliphatic imine (C=N–C) groups is 1. The highest BCUT2D eigenvalue weighted by Crippen LogP contribution is 2.23. The first-order valence-corrected chi connectivity index (χ1v) is 11.5. The molecule has 0 amide bonds. The summed E-state index contributed by atoms with van der Waals surface area (Å²) in [7, 11) is 1.78. The van der Waals surface area contributed by atoms with Gasteiger partial charge in [0, 0.05) is 45.6 Å². The molecule has 0 saturated carbocycles. The number of nitrogens with one attached hydrogen (secondary N) is 2. The van der Waals surface area contributed by atoms with E-state index < -0.39 is 0 Å². The fraction of sp³-hybridized carbons (Fsp3) is 0.400. The Morgan fingerprint density at radius 3 is 2.30 bits per heavy atom. The number of aryl methyl sites for hydroxylation is 2. The molecule has 0 radical (unpaired) electrons. The van der Waals surface area contributed by atoms with E-state index in [0.29, 0.717) is 6.54 Å². The zero-order valence-electron chi connectivity index (χ0n) is 19.1. The molecule has 3 aromatic rings. The summed E-state index contributed by atoms with van der Waals surface area (Å²) in [5.41, 5.74) is 2.56. The molecule has 7 nitrogen and oxygen atoms in total. The van der Waals surface area contributed by atoms with Gasteiger partial charge in [-0.15, -0.1) is 24.0 Å². The smallest absolute Gasteiger partial charge is 0.345 e. The van der Waals surface area contributed by atoms with Crippen LogP contribution in [0.3, 0.4) is 0 Å². The molecule has 4 rings (SSSR count). The molecule has 176 valence electrons. The molecular formula is C25H33IN6O. The van der Waals surface area contributed by atoms with Gasteiger partial charge in [-0.05, 0) is 30.4 Å². The zero-order valence-corrected chi connectivity index (χ0v) is 21.4. The highest BCUT2D eigenvalue weighted by molar-refractivity contribution is 14.0. The summed E-state index contributed by atoms with van der Waals surface area (Å²) in [6.45, 7) is 2.86. The van der Waals surface area contributed by atoms with Crippen LogP contribution in [0.2, 0.25) is 0 Å². The normalized spacial score (nSPS) is 13.3. The lowest BCUT2D eigenvalue weighted by molar-refractivity contribution is 0.509. The Kier molecular flexibility index (Phi) is 9.53. The number of guanidine groups is 1. The summed E-state index contributed by atoms with van der Waals surface area (Å²) in [6.07, 6.45) is 3.89. The van der Waals surface area contributed by atoms with Gasteiger partial charge < -0.3 is 10.6 Å². The van der Waals surface area contributed by atoms with E-state index in [1.807, 2.05) is 16.7 Å². The number of halogens is 1. The maximum Gasteiger partial charge on any atom is 0.345 e.